The molecular weight excluding hydrogens is 372 g/mol. The molecule has 4 rings (SSSR count). The van der Waals surface area contributed by atoms with Gasteiger partial charge in [0.25, 0.3) is 0 Å². The molecule has 1 saturated carbocycles. The van der Waals surface area contributed by atoms with Crippen molar-refractivity contribution in [3.05, 3.63) is 46.9 Å². The summed E-state index contributed by atoms with van der Waals surface area (Å²) >= 11 is 1.43. The Morgan fingerprint density at radius 1 is 1.18 bits per heavy atom. The highest BCUT2D eigenvalue weighted by Gasteiger charge is 2.51. The molecule has 0 saturated heterocycles. The fourth-order valence-electron chi connectivity index (χ4n) is 4.54. The van der Waals surface area contributed by atoms with Gasteiger partial charge in [0.1, 0.15) is 0 Å². The first-order chi connectivity index (χ1) is 13.5. The van der Waals surface area contributed by atoms with Gasteiger partial charge in [0, 0.05) is 10.4 Å². The molecule has 1 aromatic carbocycles. The molecule has 0 aliphatic heterocycles. The molecule has 2 aliphatic rings. The molecule has 2 N–H and O–H groups in total. The van der Waals surface area contributed by atoms with E-state index in [-0.39, 0.29) is 17.7 Å². The van der Waals surface area contributed by atoms with Gasteiger partial charge < -0.3 is 10.4 Å². The normalized spacial score (nSPS) is 25.2. The van der Waals surface area contributed by atoms with Gasteiger partial charge in [0.15, 0.2) is 5.13 Å². The maximum atomic E-state index is 12.9. The van der Waals surface area contributed by atoms with Crippen LogP contribution in [0.1, 0.15) is 30.2 Å². The van der Waals surface area contributed by atoms with Crippen molar-refractivity contribution in [3.8, 4) is 11.3 Å². The minimum absolute atomic E-state index is 0.0118. The number of amides is 1. The lowest BCUT2D eigenvalue weighted by Crippen LogP contribution is -2.36. The van der Waals surface area contributed by atoms with E-state index in [4.69, 9.17) is 0 Å². The molecule has 1 aromatic heterocycles. The molecule has 1 amide bonds. The number of rotatable bonds is 6. The van der Waals surface area contributed by atoms with Gasteiger partial charge in [-0.1, -0.05) is 49.8 Å². The number of thiazole rings is 1. The highest BCUT2D eigenvalue weighted by molar-refractivity contribution is 7.16. The van der Waals surface area contributed by atoms with E-state index in [1.54, 1.807) is 0 Å². The Labute approximate surface area is 168 Å². The van der Waals surface area contributed by atoms with Gasteiger partial charge >= 0.3 is 5.97 Å². The summed E-state index contributed by atoms with van der Waals surface area (Å²) in [6.45, 7) is 4.15. The van der Waals surface area contributed by atoms with E-state index in [0.29, 0.717) is 5.13 Å². The van der Waals surface area contributed by atoms with Crippen molar-refractivity contribution in [1.82, 2.24) is 4.98 Å². The zero-order valence-electron chi connectivity index (χ0n) is 16.0. The van der Waals surface area contributed by atoms with Crippen LogP contribution in [-0.2, 0) is 16.0 Å². The number of carboxylic acids is 1. The average molecular weight is 397 g/mol. The second kappa shape index (κ2) is 7.51. The summed E-state index contributed by atoms with van der Waals surface area (Å²) in [5.41, 5.74) is 3.20. The molecule has 0 spiro atoms. The Morgan fingerprint density at radius 3 is 2.50 bits per heavy atom. The Balaban J connectivity index is 1.52. The standard InChI is InChI=1S/C22H24N2O3S/c1-3-4-13-5-7-14(8-6-13)19-12(2)28-22(23-19)24-20(25)17-15-9-10-16(11-15)18(17)21(26)27/h5-10,15-18H,3-4,11H2,1-2H3,(H,26,27)(H,23,24,25)/t15-,16-,17-,18+/m0/s1. The predicted octanol–water partition coefficient (Wildman–Crippen LogP) is 4.53. The first kappa shape index (κ1) is 18.9. The molecule has 6 heteroatoms. The van der Waals surface area contributed by atoms with Crippen LogP contribution in [-0.4, -0.2) is 22.0 Å². The summed E-state index contributed by atoms with van der Waals surface area (Å²) in [4.78, 5) is 30.1. The number of benzene rings is 1. The van der Waals surface area contributed by atoms with E-state index in [1.807, 2.05) is 19.1 Å². The van der Waals surface area contributed by atoms with E-state index >= 15 is 0 Å². The molecule has 5 nitrogen and oxygen atoms in total. The minimum atomic E-state index is -0.889. The topological polar surface area (TPSA) is 79.3 Å². The number of carbonyl (C=O) groups excluding carboxylic acids is 1. The largest absolute Gasteiger partial charge is 0.481 e. The minimum Gasteiger partial charge on any atom is -0.481 e. The molecule has 2 bridgehead atoms. The van der Waals surface area contributed by atoms with E-state index in [2.05, 4.69) is 41.5 Å². The number of allylic oxidation sites excluding steroid dienone is 2. The Morgan fingerprint density at radius 2 is 1.86 bits per heavy atom. The zero-order valence-corrected chi connectivity index (χ0v) is 16.8. The number of carbonyl (C=O) groups is 2. The van der Waals surface area contributed by atoms with Gasteiger partial charge in [-0.3, -0.25) is 9.59 Å². The molecule has 4 atom stereocenters. The van der Waals surface area contributed by atoms with Gasteiger partial charge in [0.05, 0.1) is 17.5 Å². The van der Waals surface area contributed by atoms with Crippen LogP contribution in [0.3, 0.4) is 0 Å². The quantitative estimate of drug-likeness (QED) is 0.703. The number of anilines is 1. The summed E-state index contributed by atoms with van der Waals surface area (Å²) < 4.78 is 0. The molecular formula is C22H24N2O3S. The van der Waals surface area contributed by atoms with Crippen molar-refractivity contribution in [1.29, 1.82) is 0 Å². The van der Waals surface area contributed by atoms with Crippen LogP contribution in [0.2, 0.25) is 0 Å². The Kier molecular flexibility index (Phi) is 5.06. The van der Waals surface area contributed by atoms with Gasteiger partial charge in [0.2, 0.25) is 5.91 Å². The smallest absolute Gasteiger partial charge is 0.307 e. The van der Waals surface area contributed by atoms with Gasteiger partial charge in [-0.2, -0.15) is 0 Å². The maximum absolute atomic E-state index is 12.9. The first-order valence-electron chi connectivity index (χ1n) is 9.76. The highest BCUT2D eigenvalue weighted by Crippen LogP contribution is 2.48. The van der Waals surface area contributed by atoms with Crippen LogP contribution in [0.5, 0.6) is 0 Å². The number of carboxylic acid groups (broad SMARTS) is 1. The molecule has 2 aliphatic carbocycles. The third kappa shape index (κ3) is 3.37. The van der Waals surface area contributed by atoms with Crippen LogP contribution in [0.4, 0.5) is 5.13 Å². The number of hydrogen-bond donors (Lipinski definition) is 2. The molecule has 0 unspecified atom stereocenters. The van der Waals surface area contributed by atoms with E-state index in [9.17, 15) is 14.7 Å². The van der Waals surface area contributed by atoms with Gasteiger partial charge in [-0.05, 0) is 37.2 Å². The monoisotopic (exact) mass is 396 g/mol. The maximum Gasteiger partial charge on any atom is 0.307 e. The summed E-state index contributed by atoms with van der Waals surface area (Å²) in [6, 6.07) is 8.38. The predicted molar refractivity (Wildman–Crippen MR) is 110 cm³/mol. The van der Waals surface area contributed by atoms with E-state index < -0.39 is 17.8 Å². The number of aromatic nitrogens is 1. The average Bonchev–Trinajstić information content (AvgIpc) is 3.37. The summed E-state index contributed by atoms with van der Waals surface area (Å²) in [5, 5.41) is 13.0. The van der Waals surface area contributed by atoms with Crippen molar-refractivity contribution in [2.24, 2.45) is 23.7 Å². The highest BCUT2D eigenvalue weighted by atomic mass is 32.1. The fraction of sp³-hybridized carbons (Fsp3) is 0.409. The Hall–Kier alpha value is -2.47. The lowest BCUT2D eigenvalue weighted by Gasteiger charge is -2.23. The third-order valence-corrected chi connectivity index (χ3v) is 6.73. The van der Waals surface area contributed by atoms with Crippen molar-refractivity contribution in [3.63, 3.8) is 0 Å². The number of hydrogen-bond acceptors (Lipinski definition) is 4. The van der Waals surface area contributed by atoms with Crippen LogP contribution < -0.4 is 5.32 Å². The third-order valence-electron chi connectivity index (χ3n) is 5.84. The summed E-state index contributed by atoms with van der Waals surface area (Å²) in [7, 11) is 0. The molecule has 0 radical (unpaired) electrons. The molecule has 2 aromatic rings. The van der Waals surface area contributed by atoms with Crippen molar-refractivity contribution in [2.45, 2.75) is 33.1 Å². The number of nitrogens with zero attached hydrogens (tertiary/aromatic N) is 1. The summed E-state index contributed by atoms with van der Waals surface area (Å²) in [5.74, 6) is -2.30. The first-order valence-corrected chi connectivity index (χ1v) is 10.6. The lowest BCUT2D eigenvalue weighted by atomic mass is 9.82. The number of aliphatic carboxylic acids is 1. The zero-order chi connectivity index (χ0) is 19.8. The lowest BCUT2D eigenvalue weighted by molar-refractivity contribution is -0.146. The van der Waals surface area contributed by atoms with Crippen LogP contribution in [0.25, 0.3) is 11.3 Å². The van der Waals surface area contributed by atoms with Gasteiger partial charge in [-0.25, -0.2) is 4.98 Å². The van der Waals surface area contributed by atoms with E-state index in [1.165, 1.54) is 16.9 Å². The summed E-state index contributed by atoms with van der Waals surface area (Å²) in [6.07, 6.45) is 6.86. The van der Waals surface area contributed by atoms with Crippen LogP contribution in [0, 0.1) is 30.6 Å². The van der Waals surface area contributed by atoms with E-state index in [0.717, 1.165) is 35.4 Å². The van der Waals surface area contributed by atoms with Crippen LogP contribution >= 0.6 is 11.3 Å². The molecule has 1 heterocycles. The van der Waals surface area contributed by atoms with Crippen LogP contribution in [0.15, 0.2) is 36.4 Å². The number of fused-ring (bicyclic) bond motifs is 2. The SMILES string of the molecule is CCCc1ccc(-c2nc(NC(=O)[C@@H]3[C@H](C(=O)O)[C@H]4C=C[C@H]3C4)sc2C)cc1. The molecule has 1 fully saturated rings. The molecule has 146 valence electrons. The van der Waals surface area contributed by atoms with Crippen molar-refractivity contribution >= 4 is 28.3 Å². The van der Waals surface area contributed by atoms with Crippen molar-refractivity contribution in [2.75, 3.05) is 5.32 Å². The second-order valence-electron chi connectivity index (χ2n) is 7.70. The Bertz CT molecular complexity index is 932. The second-order valence-corrected chi connectivity index (χ2v) is 8.90. The number of aryl methyl sites for hydroxylation is 2. The van der Waals surface area contributed by atoms with Gasteiger partial charge in [-0.15, -0.1) is 11.3 Å². The fourth-order valence-corrected chi connectivity index (χ4v) is 5.38. The number of nitrogens with one attached hydrogen (secondary N) is 1. The van der Waals surface area contributed by atoms with Crippen molar-refractivity contribution < 1.29 is 14.7 Å². The molecule has 28 heavy (non-hydrogen) atoms.